The number of methoxy groups -OCH3 is 1. The zero-order valence-corrected chi connectivity index (χ0v) is 15.5. The molecule has 0 saturated heterocycles. The Morgan fingerprint density at radius 1 is 1.20 bits per heavy atom. The Labute approximate surface area is 154 Å². The molecule has 0 aliphatic heterocycles. The molecule has 2 rings (SSSR count). The van der Waals surface area contributed by atoms with Crippen molar-refractivity contribution in [2.75, 3.05) is 19.0 Å². The average Bonchev–Trinajstić information content (AvgIpc) is 2.60. The van der Waals surface area contributed by atoms with E-state index in [4.69, 9.17) is 9.47 Å². The number of nitrogens with one attached hydrogen (secondary N) is 1. The predicted molar refractivity (Wildman–Crippen MR) is 101 cm³/mol. The predicted octanol–water partition coefficient (Wildman–Crippen LogP) is 4.29. The number of amides is 1. The van der Waals surface area contributed by atoms with Crippen LogP contribution in [0.4, 0.5) is 5.69 Å². The van der Waals surface area contributed by atoms with Gasteiger partial charge in [0.15, 0.2) is 0 Å². The van der Waals surface area contributed by atoms with Gasteiger partial charge in [0.25, 0.3) is 0 Å². The number of halogens is 1. The standard InChI is InChI=1S/C19H18BrNO4/c1-3-25-19(23)14-5-4-6-15(12-14)21-18(22)10-8-13-7-9-17(24-2)16(20)11-13/h4-12H,3H2,1-2H3,(H,21,22)/b10-8+. The minimum atomic E-state index is -0.419. The van der Waals surface area contributed by atoms with Gasteiger partial charge in [-0.15, -0.1) is 0 Å². The van der Waals surface area contributed by atoms with Crippen LogP contribution in [0, 0.1) is 0 Å². The number of ether oxygens (including phenoxy) is 2. The summed E-state index contributed by atoms with van der Waals surface area (Å²) in [4.78, 5) is 23.8. The molecule has 0 fully saturated rings. The summed E-state index contributed by atoms with van der Waals surface area (Å²) in [5, 5.41) is 2.72. The zero-order valence-electron chi connectivity index (χ0n) is 13.9. The first-order valence-corrected chi connectivity index (χ1v) is 8.42. The van der Waals surface area contributed by atoms with E-state index in [1.54, 1.807) is 44.4 Å². The second-order valence-electron chi connectivity index (χ2n) is 5.02. The van der Waals surface area contributed by atoms with Crippen molar-refractivity contribution in [1.29, 1.82) is 0 Å². The minimum absolute atomic E-state index is 0.298. The highest BCUT2D eigenvalue weighted by atomic mass is 79.9. The normalized spacial score (nSPS) is 10.5. The number of esters is 1. The molecule has 0 saturated carbocycles. The maximum absolute atomic E-state index is 12.1. The lowest BCUT2D eigenvalue weighted by atomic mass is 10.2. The number of rotatable bonds is 6. The molecule has 0 bridgehead atoms. The van der Waals surface area contributed by atoms with E-state index in [0.717, 1.165) is 15.8 Å². The van der Waals surface area contributed by atoms with Crippen LogP contribution in [0.5, 0.6) is 5.75 Å². The van der Waals surface area contributed by atoms with Crippen molar-refractivity contribution in [2.24, 2.45) is 0 Å². The number of carbonyl (C=O) groups is 2. The second-order valence-corrected chi connectivity index (χ2v) is 5.87. The highest BCUT2D eigenvalue weighted by molar-refractivity contribution is 9.10. The van der Waals surface area contributed by atoms with Crippen LogP contribution in [0.1, 0.15) is 22.8 Å². The van der Waals surface area contributed by atoms with Crippen molar-refractivity contribution in [3.8, 4) is 5.75 Å². The topological polar surface area (TPSA) is 64.6 Å². The third-order valence-corrected chi connectivity index (χ3v) is 3.86. The Hall–Kier alpha value is -2.60. The highest BCUT2D eigenvalue weighted by Gasteiger charge is 2.07. The third kappa shape index (κ3) is 5.46. The molecule has 0 unspecified atom stereocenters. The molecule has 1 N–H and O–H groups in total. The van der Waals surface area contributed by atoms with Gasteiger partial charge in [-0.1, -0.05) is 12.1 Å². The van der Waals surface area contributed by atoms with Gasteiger partial charge in [0, 0.05) is 11.8 Å². The van der Waals surface area contributed by atoms with Crippen molar-refractivity contribution in [2.45, 2.75) is 6.92 Å². The summed E-state index contributed by atoms with van der Waals surface area (Å²) in [6, 6.07) is 12.1. The zero-order chi connectivity index (χ0) is 18.2. The summed E-state index contributed by atoms with van der Waals surface area (Å²) in [5.41, 5.74) is 1.77. The molecular weight excluding hydrogens is 386 g/mol. The molecule has 1 amide bonds. The molecule has 2 aromatic carbocycles. The van der Waals surface area contributed by atoms with E-state index in [-0.39, 0.29) is 5.91 Å². The largest absolute Gasteiger partial charge is 0.496 e. The average molecular weight is 404 g/mol. The van der Waals surface area contributed by atoms with Crippen molar-refractivity contribution < 1.29 is 19.1 Å². The highest BCUT2D eigenvalue weighted by Crippen LogP contribution is 2.26. The van der Waals surface area contributed by atoms with E-state index in [2.05, 4.69) is 21.2 Å². The van der Waals surface area contributed by atoms with Gasteiger partial charge in [0.05, 0.1) is 23.8 Å². The Balaban J connectivity index is 2.03. The SMILES string of the molecule is CCOC(=O)c1cccc(NC(=O)/C=C/c2ccc(OC)c(Br)c2)c1. The fourth-order valence-electron chi connectivity index (χ4n) is 2.08. The van der Waals surface area contributed by atoms with Crippen LogP contribution < -0.4 is 10.1 Å². The molecule has 0 radical (unpaired) electrons. The molecule has 25 heavy (non-hydrogen) atoms. The maximum atomic E-state index is 12.1. The summed E-state index contributed by atoms with van der Waals surface area (Å²) in [5.74, 6) is 0.00237. The number of hydrogen-bond acceptors (Lipinski definition) is 4. The molecule has 0 atom stereocenters. The van der Waals surface area contributed by atoms with Crippen LogP contribution in [0.3, 0.4) is 0 Å². The van der Waals surface area contributed by atoms with Crippen LogP contribution in [-0.4, -0.2) is 25.6 Å². The Kier molecular flexibility index (Phi) is 6.77. The van der Waals surface area contributed by atoms with Gasteiger partial charge < -0.3 is 14.8 Å². The van der Waals surface area contributed by atoms with Crippen molar-refractivity contribution in [3.63, 3.8) is 0 Å². The van der Waals surface area contributed by atoms with E-state index in [9.17, 15) is 9.59 Å². The molecular formula is C19H18BrNO4. The monoisotopic (exact) mass is 403 g/mol. The molecule has 0 aliphatic carbocycles. The Bertz CT molecular complexity index is 802. The summed E-state index contributed by atoms with van der Waals surface area (Å²) in [7, 11) is 1.59. The van der Waals surface area contributed by atoms with Crippen molar-refractivity contribution in [1.82, 2.24) is 0 Å². The Morgan fingerprint density at radius 3 is 2.68 bits per heavy atom. The molecule has 130 valence electrons. The van der Waals surface area contributed by atoms with Gasteiger partial charge in [0.2, 0.25) is 5.91 Å². The van der Waals surface area contributed by atoms with Gasteiger partial charge in [-0.05, 0) is 64.8 Å². The molecule has 6 heteroatoms. The minimum Gasteiger partial charge on any atom is -0.496 e. The van der Waals surface area contributed by atoms with E-state index >= 15 is 0 Å². The van der Waals surface area contributed by atoms with Gasteiger partial charge in [0.1, 0.15) is 5.75 Å². The van der Waals surface area contributed by atoms with Crippen LogP contribution in [-0.2, 0) is 9.53 Å². The number of carbonyl (C=O) groups excluding carboxylic acids is 2. The lowest BCUT2D eigenvalue weighted by molar-refractivity contribution is -0.111. The second kappa shape index (κ2) is 9.03. The van der Waals surface area contributed by atoms with Gasteiger partial charge in [-0.2, -0.15) is 0 Å². The van der Waals surface area contributed by atoms with Gasteiger partial charge in [-0.3, -0.25) is 4.79 Å². The molecule has 2 aromatic rings. The summed E-state index contributed by atoms with van der Waals surface area (Å²) >= 11 is 3.40. The summed E-state index contributed by atoms with van der Waals surface area (Å²) < 4.78 is 10.9. The molecule has 0 spiro atoms. The van der Waals surface area contributed by atoms with Crippen molar-refractivity contribution >= 4 is 39.6 Å². The lowest BCUT2D eigenvalue weighted by Crippen LogP contribution is -2.09. The van der Waals surface area contributed by atoms with Crippen molar-refractivity contribution in [3.05, 3.63) is 64.1 Å². The van der Waals surface area contributed by atoms with Crippen LogP contribution >= 0.6 is 15.9 Å². The van der Waals surface area contributed by atoms with Crippen LogP contribution in [0.2, 0.25) is 0 Å². The first-order chi connectivity index (χ1) is 12.0. The smallest absolute Gasteiger partial charge is 0.338 e. The number of hydrogen-bond donors (Lipinski definition) is 1. The molecule has 0 aromatic heterocycles. The summed E-state index contributed by atoms with van der Waals surface area (Å²) in [6.45, 7) is 2.04. The first-order valence-electron chi connectivity index (χ1n) is 7.63. The van der Waals surface area contributed by atoms with Crippen LogP contribution in [0.15, 0.2) is 53.0 Å². The lowest BCUT2D eigenvalue weighted by Gasteiger charge is -2.06. The first kappa shape index (κ1) is 18.7. The number of benzene rings is 2. The molecule has 0 heterocycles. The third-order valence-electron chi connectivity index (χ3n) is 3.24. The van der Waals surface area contributed by atoms with E-state index in [1.807, 2.05) is 18.2 Å². The summed E-state index contributed by atoms with van der Waals surface area (Å²) in [6.07, 6.45) is 3.11. The fourth-order valence-corrected chi connectivity index (χ4v) is 2.64. The van der Waals surface area contributed by atoms with E-state index in [0.29, 0.717) is 17.9 Å². The maximum Gasteiger partial charge on any atom is 0.338 e. The van der Waals surface area contributed by atoms with Crippen LogP contribution in [0.25, 0.3) is 6.08 Å². The molecule has 5 nitrogen and oxygen atoms in total. The Morgan fingerprint density at radius 2 is 2.00 bits per heavy atom. The number of anilines is 1. The fraction of sp³-hybridized carbons (Fsp3) is 0.158. The van der Waals surface area contributed by atoms with Gasteiger partial charge >= 0.3 is 5.97 Å². The van der Waals surface area contributed by atoms with E-state index in [1.165, 1.54) is 6.08 Å². The quantitative estimate of drug-likeness (QED) is 0.577. The van der Waals surface area contributed by atoms with Gasteiger partial charge in [-0.25, -0.2) is 4.79 Å². The van der Waals surface area contributed by atoms with E-state index < -0.39 is 5.97 Å². The molecule has 0 aliphatic rings.